The summed E-state index contributed by atoms with van der Waals surface area (Å²) in [5.74, 6) is -3.56. The van der Waals surface area contributed by atoms with Crippen molar-refractivity contribution >= 4 is 58.8 Å². The molecule has 82 heavy (non-hydrogen) atoms. The topological polar surface area (TPSA) is 243 Å². The second kappa shape index (κ2) is 24.4. The second-order valence-corrected chi connectivity index (χ2v) is 30.1. The van der Waals surface area contributed by atoms with Gasteiger partial charge in [0.05, 0.1) is 88.1 Å². The summed E-state index contributed by atoms with van der Waals surface area (Å²) < 4.78 is 0. The van der Waals surface area contributed by atoms with Crippen LogP contribution >= 0.6 is 0 Å². The molecule has 5 fully saturated rings. The summed E-state index contributed by atoms with van der Waals surface area (Å²) in [6.45, 7) is 33.7. The Hall–Kier alpha value is -4.62. The van der Waals surface area contributed by atoms with Crippen molar-refractivity contribution < 1.29 is 72.1 Å². The quantitative estimate of drug-likeness (QED) is 0.142. The fourth-order valence-corrected chi connectivity index (χ4v) is 14.0. The third kappa shape index (κ3) is 17.3. The molecule has 0 N–H and O–H groups in total. The highest BCUT2D eigenvalue weighted by Crippen LogP contribution is 2.41. The monoisotopic (exact) mass is 1160 g/mol. The first-order chi connectivity index (χ1) is 37.1. The van der Waals surface area contributed by atoms with Crippen LogP contribution in [0.4, 0.5) is 0 Å². The average Bonchev–Trinajstić information content (AvgIpc) is 3.48. The van der Waals surface area contributed by atoms with E-state index in [1.54, 1.807) is 121 Å². The van der Waals surface area contributed by atoms with Gasteiger partial charge in [0.15, 0.2) is 0 Å². The fraction of sp³-hybridized carbons (Fsp3) is 0.831. The van der Waals surface area contributed by atoms with Crippen LogP contribution in [0.3, 0.4) is 0 Å². The second-order valence-electron chi connectivity index (χ2n) is 30.1. The lowest BCUT2D eigenvalue weighted by atomic mass is 9.81. The Kier molecular flexibility index (Phi) is 20.3. The fourth-order valence-electron chi connectivity index (χ4n) is 14.0. The number of carbonyl (C=O) groups is 10. The van der Waals surface area contributed by atoms with E-state index in [-0.39, 0.29) is 126 Å². The lowest BCUT2D eigenvalue weighted by Crippen LogP contribution is -2.62. The summed E-state index contributed by atoms with van der Waals surface area (Å²) in [7, 11) is 0. The maximum absolute atomic E-state index is 14.4. The van der Waals surface area contributed by atoms with E-state index in [0.29, 0.717) is 0 Å². The van der Waals surface area contributed by atoms with Gasteiger partial charge in [-0.05, 0) is 138 Å². The number of rotatable bonds is 21. The van der Waals surface area contributed by atoms with Crippen LogP contribution in [-0.4, -0.2) is 213 Å². The molecule has 0 aromatic rings. The molecule has 464 valence electrons. The first kappa shape index (κ1) is 68.2. The minimum Gasteiger partial charge on any atom is -0.365 e. The number of nitrogens with zero attached hydrogens (tertiary/aromatic N) is 8. The van der Waals surface area contributed by atoms with E-state index >= 15 is 0 Å². The van der Waals surface area contributed by atoms with Gasteiger partial charge in [0.1, 0.15) is 28.9 Å². The molecule has 5 aliphatic heterocycles. The smallest absolute Gasteiger partial charge is 0.339 e. The maximum Gasteiger partial charge on any atom is 0.339 e. The lowest BCUT2D eigenvalue weighted by Gasteiger charge is -2.49. The van der Waals surface area contributed by atoms with Crippen LogP contribution in [0.2, 0.25) is 0 Å². The first-order valence-electron chi connectivity index (χ1n) is 28.9. The van der Waals surface area contributed by atoms with Gasteiger partial charge in [-0.15, -0.1) is 25.3 Å². The SMILES string of the molecule is CC1(C)CC(=O)CC(C)(C)N1OC(=O)CN(CCN(CC(=O)ON1C(C)(C)CC(=O)CC1(C)C)CC(=O)ON1C(C)(C)CC(=O)CC1(C)C)CCN(CC(=O)ON1C(C)(C)CC(=O)CC1(C)C)CC(=O)ON1C(C)(C)CC(=O)CC1(C)C. The summed E-state index contributed by atoms with van der Waals surface area (Å²) in [6, 6.07) is 0. The van der Waals surface area contributed by atoms with Crippen LogP contribution in [0.1, 0.15) is 203 Å². The molecule has 0 unspecified atom stereocenters. The first-order valence-corrected chi connectivity index (χ1v) is 28.9. The molecule has 23 heteroatoms. The number of hydrogen-bond donors (Lipinski definition) is 0. The standard InChI is InChI=1S/C59H98N8O15/c1-50(2)25-40(68)26-51(3,4)63(50)78-45(73)35-60(21-23-61(36-46(74)79-64-52(5,6)27-41(69)28-53(64,7)8)37-47(75)80-65-54(9,10)29-42(70)30-55(65,11)12)22-24-62(38-48(76)81-66-56(13,14)31-43(71)32-57(66,15)16)39-49(77)82-67-58(17,18)33-44(72)34-59(67,19)20/h21-39H2,1-20H3. The lowest BCUT2D eigenvalue weighted by molar-refractivity contribution is -0.264. The predicted octanol–water partition coefficient (Wildman–Crippen LogP) is 5.29. The molecule has 0 aliphatic carbocycles. The van der Waals surface area contributed by atoms with Crippen molar-refractivity contribution in [1.29, 1.82) is 0 Å². The van der Waals surface area contributed by atoms with Crippen LogP contribution < -0.4 is 0 Å². The third-order valence-electron chi connectivity index (χ3n) is 16.0. The maximum atomic E-state index is 14.4. The van der Waals surface area contributed by atoms with E-state index in [9.17, 15) is 47.9 Å². The molecule has 5 saturated heterocycles. The number of hydroxylamine groups is 10. The van der Waals surface area contributed by atoms with Crippen LogP contribution in [0.15, 0.2) is 0 Å². The molecule has 0 atom stereocenters. The minimum atomic E-state index is -0.876. The van der Waals surface area contributed by atoms with Gasteiger partial charge in [-0.3, -0.25) is 38.7 Å². The zero-order chi connectivity index (χ0) is 62.4. The molecule has 0 radical (unpaired) electrons. The van der Waals surface area contributed by atoms with E-state index in [1.165, 1.54) is 30.1 Å². The predicted molar refractivity (Wildman–Crippen MR) is 301 cm³/mol. The zero-order valence-corrected chi connectivity index (χ0v) is 53.1. The van der Waals surface area contributed by atoms with Gasteiger partial charge in [0.25, 0.3) is 0 Å². The largest absolute Gasteiger partial charge is 0.365 e. The van der Waals surface area contributed by atoms with Crippen molar-refractivity contribution in [2.24, 2.45) is 0 Å². The van der Waals surface area contributed by atoms with Crippen molar-refractivity contribution in [3.8, 4) is 0 Å². The van der Waals surface area contributed by atoms with Gasteiger partial charge in [0.2, 0.25) is 0 Å². The normalized spacial score (nSPS) is 25.0. The van der Waals surface area contributed by atoms with Gasteiger partial charge >= 0.3 is 29.8 Å². The summed E-state index contributed by atoms with van der Waals surface area (Å²) in [5, 5.41) is 7.65. The molecule has 0 aromatic heterocycles. The molecule has 0 bridgehead atoms. The summed E-state index contributed by atoms with van der Waals surface area (Å²) in [5.41, 5.74) is -8.70. The van der Waals surface area contributed by atoms with Crippen molar-refractivity contribution in [2.75, 3.05) is 58.9 Å². The van der Waals surface area contributed by atoms with Crippen molar-refractivity contribution in [1.82, 2.24) is 40.0 Å². The summed E-state index contributed by atoms with van der Waals surface area (Å²) in [6.07, 6.45) is 1.32. The Morgan fingerprint density at radius 3 is 0.537 bits per heavy atom. The molecule has 5 heterocycles. The molecule has 5 aliphatic rings. The molecule has 5 rings (SSSR count). The molecule has 0 saturated carbocycles. The molecule has 23 nitrogen and oxygen atoms in total. The summed E-state index contributed by atoms with van der Waals surface area (Å²) in [4.78, 5) is 171. The van der Waals surface area contributed by atoms with Gasteiger partial charge < -0.3 is 24.2 Å². The Morgan fingerprint density at radius 2 is 0.390 bits per heavy atom. The van der Waals surface area contributed by atoms with Crippen molar-refractivity contribution in [2.45, 2.75) is 258 Å². The number of hydrogen-bond acceptors (Lipinski definition) is 23. The van der Waals surface area contributed by atoms with Gasteiger partial charge in [-0.1, -0.05) is 0 Å². The minimum absolute atomic E-state index is 0.0156. The van der Waals surface area contributed by atoms with E-state index in [2.05, 4.69) is 0 Å². The highest BCUT2D eigenvalue weighted by atomic mass is 16.7. The van der Waals surface area contributed by atoms with Crippen LogP contribution in [0.25, 0.3) is 0 Å². The highest BCUT2D eigenvalue weighted by molar-refractivity contribution is 5.85. The average molecular weight is 1160 g/mol. The number of Topliss-reactive ketones (excluding diaryl/α,β-unsaturated/α-hetero) is 5. The van der Waals surface area contributed by atoms with E-state index in [4.69, 9.17) is 24.2 Å². The Bertz CT molecular complexity index is 2130. The van der Waals surface area contributed by atoms with Crippen LogP contribution in [-0.2, 0) is 72.1 Å². The molecule has 0 spiro atoms. The van der Waals surface area contributed by atoms with Gasteiger partial charge in [0, 0.05) is 90.4 Å². The zero-order valence-electron chi connectivity index (χ0n) is 53.1. The van der Waals surface area contributed by atoms with Crippen LogP contribution in [0, 0.1) is 0 Å². The number of ketones is 5. The molecular formula is C59H98N8O15. The highest BCUT2D eigenvalue weighted by Gasteiger charge is 2.53. The van der Waals surface area contributed by atoms with E-state index in [1.807, 2.05) is 27.7 Å². The van der Waals surface area contributed by atoms with Crippen LogP contribution in [0.5, 0.6) is 0 Å². The Morgan fingerprint density at radius 1 is 0.268 bits per heavy atom. The molecule has 0 aromatic carbocycles. The molecular weight excluding hydrogens is 1060 g/mol. The summed E-state index contributed by atoms with van der Waals surface area (Å²) >= 11 is 0. The Labute approximate surface area is 486 Å². The molecule has 0 amide bonds. The number of carbonyl (C=O) groups excluding carboxylic acids is 10. The van der Waals surface area contributed by atoms with E-state index in [0.717, 1.165) is 0 Å². The van der Waals surface area contributed by atoms with Crippen molar-refractivity contribution in [3.05, 3.63) is 0 Å². The third-order valence-corrected chi connectivity index (χ3v) is 16.0. The van der Waals surface area contributed by atoms with Crippen molar-refractivity contribution in [3.63, 3.8) is 0 Å². The van der Waals surface area contributed by atoms with Gasteiger partial charge in [-0.25, -0.2) is 24.0 Å². The van der Waals surface area contributed by atoms with Gasteiger partial charge in [-0.2, -0.15) is 0 Å². The number of piperidine rings is 5. The Balaban J connectivity index is 1.49. The van der Waals surface area contributed by atoms with E-state index < -0.39 is 111 Å².